The van der Waals surface area contributed by atoms with E-state index in [9.17, 15) is 0 Å². The minimum atomic E-state index is 0.396. The average Bonchev–Trinajstić information content (AvgIpc) is 2.67. The summed E-state index contributed by atoms with van der Waals surface area (Å²) in [5.74, 6) is 0.396. The number of hydrogen-bond acceptors (Lipinski definition) is 2. The van der Waals surface area contributed by atoms with E-state index in [4.69, 9.17) is 5.26 Å². The highest BCUT2D eigenvalue weighted by atomic mass is 79.9. The first-order valence-electron chi connectivity index (χ1n) is 4.00. The maximum Gasteiger partial charge on any atom is 0.217 e. The third-order valence-corrected chi connectivity index (χ3v) is 2.37. The lowest BCUT2D eigenvalue weighted by Crippen LogP contribution is -1.95. The second-order valence-electron chi connectivity index (χ2n) is 2.71. The highest BCUT2D eigenvalue weighted by Crippen LogP contribution is 2.14. The van der Waals surface area contributed by atoms with Gasteiger partial charge in [-0.15, -0.1) is 0 Å². The van der Waals surface area contributed by atoms with Crippen LogP contribution in [0.1, 0.15) is 5.82 Å². The Morgan fingerprint density at radius 2 is 2.00 bits per heavy atom. The molecular weight excluding hydrogens is 242 g/mol. The summed E-state index contributed by atoms with van der Waals surface area (Å²) in [6, 6.07) is 9.73. The Balaban J connectivity index is 2.50. The molecule has 0 aliphatic rings. The molecule has 0 amide bonds. The summed E-state index contributed by atoms with van der Waals surface area (Å²) in [7, 11) is 0. The highest BCUT2D eigenvalue weighted by molar-refractivity contribution is 9.10. The van der Waals surface area contributed by atoms with Gasteiger partial charge >= 0.3 is 0 Å². The molecule has 0 bridgehead atoms. The Bertz CT molecular complexity index is 479. The normalized spacial score (nSPS) is 9.71. The molecule has 0 unspecified atom stereocenters. The minimum Gasteiger partial charge on any atom is -0.291 e. The van der Waals surface area contributed by atoms with Crippen molar-refractivity contribution in [3.63, 3.8) is 0 Å². The zero-order chi connectivity index (χ0) is 9.97. The van der Waals surface area contributed by atoms with E-state index in [0.717, 1.165) is 10.2 Å². The van der Waals surface area contributed by atoms with Crippen molar-refractivity contribution in [1.29, 1.82) is 5.26 Å². The first-order chi connectivity index (χ1) is 6.81. The average molecular weight is 248 g/mol. The van der Waals surface area contributed by atoms with E-state index < -0.39 is 0 Å². The van der Waals surface area contributed by atoms with E-state index in [-0.39, 0.29) is 0 Å². The summed E-state index contributed by atoms with van der Waals surface area (Å²) in [6.07, 6.45) is 3.38. The first kappa shape index (κ1) is 8.97. The summed E-state index contributed by atoms with van der Waals surface area (Å²) in [4.78, 5) is 3.92. The van der Waals surface area contributed by atoms with Gasteiger partial charge in [-0.05, 0) is 24.3 Å². The van der Waals surface area contributed by atoms with Crippen LogP contribution in [0.25, 0.3) is 5.69 Å². The number of hydrogen-bond donors (Lipinski definition) is 0. The molecule has 2 rings (SSSR count). The van der Waals surface area contributed by atoms with Gasteiger partial charge in [0.05, 0.1) is 0 Å². The molecule has 14 heavy (non-hydrogen) atoms. The van der Waals surface area contributed by atoms with Crippen LogP contribution in [0.5, 0.6) is 0 Å². The predicted octanol–water partition coefficient (Wildman–Crippen LogP) is 2.51. The van der Waals surface area contributed by atoms with Gasteiger partial charge in [-0.2, -0.15) is 5.26 Å². The van der Waals surface area contributed by atoms with Crippen molar-refractivity contribution in [2.75, 3.05) is 0 Å². The Hall–Kier alpha value is -1.60. The quantitative estimate of drug-likeness (QED) is 0.777. The van der Waals surface area contributed by atoms with Crippen LogP contribution < -0.4 is 0 Å². The standard InChI is InChI=1S/C10H6BrN3/c11-8-1-3-9(4-2-8)14-6-5-13-10(14)7-12/h1-6H. The number of nitriles is 1. The van der Waals surface area contributed by atoms with Crippen LogP contribution in [0.3, 0.4) is 0 Å². The molecule has 68 valence electrons. The maximum absolute atomic E-state index is 8.78. The fourth-order valence-corrected chi connectivity index (χ4v) is 1.46. The van der Waals surface area contributed by atoms with Gasteiger partial charge in [0.25, 0.3) is 0 Å². The van der Waals surface area contributed by atoms with Gasteiger partial charge in [0.1, 0.15) is 6.07 Å². The molecule has 0 saturated carbocycles. The fraction of sp³-hybridized carbons (Fsp3) is 0. The molecule has 0 saturated heterocycles. The SMILES string of the molecule is N#Cc1nccn1-c1ccc(Br)cc1. The van der Waals surface area contributed by atoms with Gasteiger partial charge < -0.3 is 0 Å². The summed E-state index contributed by atoms with van der Waals surface area (Å²) >= 11 is 3.35. The van der Waals surface area contributed by atoms with E-state index in [1.165, 1.54) is 0 Å². The lowest BCUT2D eigenvalue weighted by atomic mass is 10.3. The summed E-state index contributed by atoms with van der Waals surface area (Å²) < 4.78 is 2.76. The molecule has 0 spiro atoms. The molecule has 0 atom stereocenters. The zero-order valence-electron chi connectivity index (χ0n) is 7.18. The summed E-state index contributed by atoms with van der Waals surface area (Å²) in [6.45, 7) is 0. The number of halogens is 1. The largest absolute Gasteiger partial charge is 0.291 e. The van der Waals surface area contributed by atoms with Crippen molar-refractivity contribution < 1.29 is 0 Å². The molecule has 0 aliphatic heterocycles. The second-order valence-corrected chi connectivity index (χ2v) is 3.62. The molecule has 4 heteroatoms. The van der Waals surface area contributed by atoms with Crippen LogP contribution in [0, 0.1) is 11.3 Å². The van der Waals surface area contributed by atoms with Crippen LogP contribution >= 0.6 is 15.9 Å². The number of aromatic nitrogens is 2. The number of rotatable bonds is 1. The molecule has 2 aromatic rings. The van der Waals surface area contributed by atoms with E-state index in [1.807, 2.05) is 30.3 Å². The van der Waals surface area contributed by atoms with Gasteiger partial charge in [-0.1, -0.05) is 15.9 Å². The summed E-state index contributed by atoms with van der Waals surface area (Å²) in [5.41, 5.74) is 0.933. The summed E-state index contributed by atoms with van der Waals surface area (Å²) in [5, 5.41) is 8.78. The maximum atomic E-state index is 8.78. The molecule has 1 aromatic carbocycles. The lowest BCUT2D eigenvalue weighted by Gasteiger charge is -2.02. The Morgan fingerprint density at radius 3 is 2.64 bits per heavy atom. The number of benzene rings is 1. The van der Waals surface area contributed by atoms with E-state index >= 15 is 0 Å². The molecule has 1 heterocycles. The van der Waals surface area contributed by atoms with Crippen molar-refractivity contribution >= 4 is 15.9 Å². The molecular formula is C10H6BrN3. The molecule has 0 fully saturated rings. The molecule has 0 N–H and O–H groups in total. The van der Waals surface area contributed by atoms with E-state index in [2.05, 4.69) is 20.9 Å². The van der Waals surface area contributed by atoms with Gasteiger partial charge in [-0.25, -0.2) is 4.98 Å². The van der Waals surface area contributed by atoms with Gasteiger partial charge in [0.15, 0.2) is 0 Å². The molecule has 3 nitrogen and oxygen atoms in total. The third kappa shape index (κ3) is 1.54. The number of nitrogens with zero attached hydrogens (tertiary/aromatic N) is 3. The third-order valence-electron chi connectivity index (χ3n) is 1.85. The van der Waals surface area contributed by atoms with Gasteiger partial charge in [-0.3, -0.25) is 4.57 Å². The van der Waals surface area contributed by atoms with Gasteiger partial charge in [0, 0.05) is 22.6 Å². The zero-order valence-corrected chi connectivity index (χ0v) is 8.77. The highest BCUT2D eigenvalue weighted by Gasteiger charge is 2.02. The van der Waals surface area contributed by atoms with Crippen LogP contribution in [0.4, 0.5) is 0 Å². The first-order valence-corrected chi connectivity index (χ1v) is 4.80. The molecule has 1 aromatic heterocycles. The Labute approximate surface area is 89.8 Å². The lowest BCUT2D eigenvalue weighted by molar-refractivity contribution is 1.02. The van der Waals surface area contributed by atoms with Crippen molar-refractivity contribution in [2.24, 2.45) is 0 Å². The van der Waals surface area contributed by atoms with Crippen molar-refractivity contribution in [3.8, 4) is 11.8 Å². The second kappa shape index (κ2) is 3.64. The smallest absolute Gasteiger partial charge is 0.217 e. The van der Waals surface area contributed by atoms with Gasteiger partial charge in [0.2, 0.25) is 5.82 Å². The molecule has 0 aliphatic carbocycles. The van der Waals surface area contributed by atoms with E-state index in [0.29, 0.717) is 5.82 Å². The van der Waals surface area contributed by atoms with Crippen molar-refractivity contribution in [2.45, 2.75) is 0 Å². The van der Waals surface area contributed by atoms with Crippen LogP contribution in [0.2, 0.25) is 0 Å². The Kier molecular flexibility index (Phi) is 2.33. The number of imidazole rings is 1. The monoisotopic (exact) mass is 247 g/mol. The van der Waals surface area contributed by atoms with Crippen molar-refractivity contribution in [3.05, 3.63) is 47.0 Å². The fourth-order valence-electron chi connectivity index (χ4n) is 1.20. The predicted molar refractivity (Wildman–Crippen MR) is 56.0 cm³/mol. The Morgan fingerprint density at radius 1 is 1.29 bits per heavy atom. The van der Waals surface area contributed by atoms with Crippen LogP contribution in [-0.2, 0) is 0 Å². The van der Waals surface area contributed by atoms with Crippen molar-refractivity contribution in [1.82, 2.24) is 9.55 Å². The van der Waals surface area contributed by atoms with E-state index in [1.54, 1.807) is 17.0 Å². The van der Waals surface area contributed by atoms with Crippen LogP contribution in [-0.4, -0.2) is 9.55 Å². The van der Waals surface area contributed by atoms with Crippen LogP contribution in [0.15, 0.2) is 41.1 Å². The minimum absolute atomic E-state index is 0.396. The molecule has 0 radical (unpaired) electrons. The topological polar surface area (TPSA) is 41.6 Å².